The van der Waals surface area contributed by atoms with Crippen LogP contribution in [0.1, 0.15) is 12.8 Å². The van der Waals surface area contributed by atoms with Crippen molar-refractivity contribution in [1.82, 2.24) is 19.7 Å². The largest absolute Gasteiger partial charge is 0.530 e. The number of amides is 3. The number of carbonyl (C=O) groups excluding carboxylic acids is 2. The fourth-order valence-corrected chi connectivity index (χ4v) is 3.68. The molecule has 0 aliphatic carbocycles. The molecule has 1 aliphatic rings. The van der Waals surface area contributed by atoms with E-state index in [4.69, 9.17) is 4.74 Å². The van der Waals surface area contributed by atoms with Crippen molar-refractivity contribution in [3.05, 3.63) is 42.3 Å². The van der Waals surface area contributed by atoms with Gasteiger partial charge in [0.2, 0.25) is 0 Å². The Morgan fingerprint density at radius 1 is 1.15 bits per heavy atom. The highest BCUT2D eigenvalue weighted by molar-refractivity contribution is 5.88. The molecule has 1 aromatic carbocycles. The van der Waals surface area contributed by atoms with Gasteiger partial charge in [-0.3, -0.25) is 5.32 Å². The molecule has 0 atom stereocenters. The third-order valence-corrected chi connectivity index (χ3v) is 5.67. The smallest absolute Gasteiger partial charge is 0.323 e. The maximum atomic E-state index is 14.0. The Hall–Kier alpha value is -3.44. The Kier molecular flexibility index (Phi) is 8.61. The first-order valence-electron chi connectivity index (χ1n) is 11.0. The van der Waals surface area contributed by atoms with Gasteiger partial charge in [-0.2, -0.15) is 0 Å². The maximum Gasteiger partial charge on any atom is 0.323 e. The lowest BCUT2D eigenvalue weighted by atomic mass is 10.0. The SMILES string of the molecule is CN(C)CCN1CCC(N(C)C(=O)Nc2cc(Oc3ccc(NC(=O)[O-])c(F)c3)ccn2)CC1. The summed E-state index contributed by atoms with van der Waals surface area (Å²) in [5.74, 6) is -0.0164. The number of likely N-dealkylation sites (tertiary alicyclic amines) is 1. The van der Waals surface area contributed by atoms with Crippen molar-refractivity contribution in [2.24, 2.45) is 0 Å². The molecule has 0 saturated carbocycles. The zero-order valence-electron chi connectivity index (χ0n) is 19.6. The first-order valence-corrected chi connectivity index (χ1v) is 11.0. The van der Waals surface area contributed by atoms with Crippen molar-refractivity contribution in [2.45, 2.75) is 18.9 Å². The van der Waals surface area contributed by atoms with Gasteiger partial charge in [-0.25, -0.2) is 14.2 Å². The van der Waals surface area contributed by atoms with Crippen LogP contribution < -0.4 is 20.5 Å². The number of aromatic nitrogens is 1. The van der Waals surface area contributed by atoms with Crippen LogP contribution in [0.2, 0.25) is 0 Å². The first-order chi connectivity index (χ1) is 16.2. The molecule has 34 heavy (non-hydrogen) atoms. The van der Waals surface area contributed by atoms with E-state index in [2.05, 4.69) is 34.2 Å². The Morgan fingerprint density at radius 3 is 2.50 bits per heavy atom. The van der Waals surface area contributed by atoms with E-state index < -0.39 is 11.9 Å². The predicted octanol–water partition coefficient (Wildman–Crippen LogP) is 2.26. The molecule has 2 aromatic rings. The van der Waals surface area contributed by atoms with Crippen LogP contribution in [0.4, 0.5) is 25.5 Å². The number of nitrogens with zero attached hydrogens (tertiary/aromatic N) is 4. The molecule has 1 aromatic heterocycles. The summed E-state index contributed by atoms with van der Waals surface area (Å²) in [6.45, 7) is 3.93. The highest BCUT2D eigenvalue weighted by Crippen LogP contribution is 2.27. The van der Waals surface area contributed by atoms with Gasteiger partial charge < -0.3 is 34.7 Å². The zero-order chi connectivity index (χ0) is 24.7. The monoisotopic (exact) mass is 473 g/mol. The van der Waals surface area contributed by atoms with Gasteiger partial charge in [0.25, 0.3) is 0 Å². The van der Waals surface area contributed by atoms with Crippen LogP contribution in [0.5, 0.6) is 11.5 Å². The molecule has 0 spiro atoms. The molecular formula is C23H30FN6O4-. The van der Waals surface area contributed by atoms with Crippen molar-refractivity contribution in [1.29, 1.82) is 0 Å². The summed E-state index contributed by atoms with van der Waals surface area (Å²) in [4.78, 5) is 33.8. The van der Waals surface area contributed by atoms with Gasteiger partial charge in [0.05, 0.1) is 5.69 Å². The number of hydrogen-bond acceptors (Lipinski definition) is 7. The van der Waals surface area contributed by atoms with E-state index in [1.54, 1.807) is 18.0 Å². The molecule has 3 rings (SSSR count). The van der Waals surface area contributed by atoms with Crippen molar-refractivity contribution in [3.8, 4) is 11.5 Å². The highest BCUT2D eigenvalue weighted by atomic mass is 19.1. The van der Waals surface area contributed by atoms with Gasteiger partial charge in [-0.05, 0) is 45.1 Å². The molecule has 0 unspecified atom stereocenters. The molecule has 10 nitrogen and oxygen atoms in total. The molecule has 11 heteroatoms. The number of urea groups is 1. The van der Waals surface area contributed by atoms with E-state index in [0.717, 1.165) is 45.1 Å². The topological polar surface area (TPSA) is 113 Å². The third-order valence-electron chi connectivity index (χ3n) is 5.67. The fraction of sp³-hybridized carbons (Fsp3) is 0.435. The number of likely N-dealkylation sites (N-methyl/N-ethyl adjacent to an activating group) is 1. The molecule has 2 heterocycles. The number of hydrogen-bond donors (Lipinski definition) is 2. The number of anilines is 2. The number of nitrogens with one attached hydrogen (secondary N) is 2. The summed E-state index contributed by atoms with van der Waals surface area (Å²) in [6, 6.07) is 6.65. The van der Waals surface area contributed by atoms with E-state index in [-0.39, 0.29) is 23.5 Å². The summed E-state index contributed by atoms with van der Waals surface area (Å²) in [7, 11) is 5.90. The molecule has 184 valence electrons. The Morgan fingerprint density at radius 2 is 1.85 bits per heavy atom. The van der Waals surface area contributed by atoms with E-state index >= 15 is 0 Å². The number of rotatable bonds is 8. The predicted molar refractivity (Wildman–Crippen MR) is 125 cm³/mol. The third kappa shape index (κ3) is 7.29. The Bertz CT molecular complexity index is 997. The maximum absolute atomic E-state index is 14.0. The molecule has 1 fully saturated rings. The number of pyridine rings is 1. The number of ether oxygens (including phenoxy) is 1. The standard InChI is InChI=1S/C23H31FN6O4/c1-28(2)12-13-30-10-7-16(8-11-30)29(3)22(31)27-21-15-18(6-9-25-21)34-17-4-5-20(19(24)14-17)26-23(32)33/h4-6,9,14-16,26H,7-8,10-13H2,1-3H3,(H,32,33)(H,25,27,31)/p-1. The first kappa shape index (κ1) is 25.2. The lowest BCUT2D eigenvalue weighted by Crippen LogP contribution is -2.48. The molecule has 0 bridgehead atoms. The average molecular weight is 474 g/mol. The average Bonchev–Trinajstić information content (AvgIpc) is 2.79. The van der Waals surface area contributed by atoms with Gasteiger partial charge in [0.15, 0.2) is 0 Å². The fourth-order valence-electron chi connectivity index (χ4n) is 3.68. The van der Waals surface area contributed by atoms with E-state index in [9.17, 15) is 19.1 Å². The van der Waals surface area contributed by atoms with Crippen LogP contribution in [0.3, 0.4) is 0 Å². The zero-order valence-corrected chi connectivity index (χ0v) is 19.6. The molecule has 3 amide bonds. The second kappa shape index (κ2) is 11.6. The normalized spacial score (nSPS) is 14.6. The number of piperidine rings is 1. The minimum absolute atomic E-state index is 0.145. The summed E-state index contributed by atoms with van der Waals surface area (Å²) in [6.07, 6.45) is 1.67. The lowest BCUT2D eigenvalue weighted by Gasteiger charge is -2.37. The number of halogens is 1. The van der Waals surface area contributed by atoms with Gasteiger partial charge in [-0.1, -0.05) is 0 Å². The second-order valence-electron chi connectivity index (χ2n) is 8.45. The summed E-state index contributed by atoms with van der Waals surface area (Å²) in [5, 5.41) is 15.2. The summed E-state index contributed by atoms with van der Waals surface area (Å²) >= 11 is 0. The van der Waals surface area contributed by atoms with Gasteiger partial charge in [0, 0.05) is 57.6 Å². The van der Waals surface area contributed by atoms with Crippen molar-refractivity contribution < 1.29 is 23.8 Å². The van der Waals surface area contributed by atoms with Crippen LogP contribution >= 0.6 is 0 Å². The summed E-state index contributed by atoms with van der Waals surface area (Å²) in [5.41, 5.74) is -0.235. The molecule has 1 saturated heterocycles. The van der Waals surface area contributed by atoms with Crippen molar-refractivity contribution in [3.63, 3.8) is 0 Å². The van der Waals surface area contributed by atoms with Crippen LogP contribution in [-0.2, 0) is 0 Å². The van der Waals surface area contributed by atoms with Crippen molar-refractivity contribution >= 4 is 23.6 Å². The molecule has 1 aliphatic heterocycles. The Labute approximate surface area is 198 Å². The van der Waals surface area contributed by atoms with Crippen LogP contribution in [0.25, 0.3) is 0 Å². The number of carbonyl (C=O) groups is 2. The van der Waals surface area contributed by atoms with Gasteiger partial charge >= 0.3 is 6.03 Å². The summed E-state index contributed by atoms with van der Waals surface area (Å²) < 4.78 is 19.6. The quantitative estimate of drug-likeness (QED) is 0.605. The van der Waals surface area contributed by atoms with E-state index in [1.165, 1.54) is 24.4 Å². The second-order valence-corrected chi connectivity index (χ2v) is 8.45. The number of carboxylic acid groups (broad SMARTS) is 1. The number of benzene rings is 1. The molecule has 2 N–H and O–H groups in total. The van der Waals surface area contributed by atoms with Crippen LogP contribution in [0, 0.1) is 5.82 Å². The van der Waals surface area contributed by atoms with Crippen molar-refractivity contribution in [2.75, 3.05) is 58.0 Å². The minimum atomic E-state index is -1.61. The van der Waals surface area contributed by atoms with Gasteiger partial charge in [0.1, 0.15) is 29.2 Å². The lowest BCUT2D eigenvalue weighted by molar-refractivity contribution is -0.242. The van der Waals surface area contributed by atoms with Crippen LogP contribution in [0.15, 0.2) is 36.5 Å². The molecule has 0 radical (unpaired) electrons. The van der Waals surface area contributed by atoms with E-state index in [0.29, 0.717) is 11.6 Å². The highest BCUT2D eigenvalue weighted by Gasteiger charge is 2.25. The Balaban J connectivity index is 1.54. The van der Waals surface area contributed by atoms with E-state index in [1.807, 2.05) is 5.32 Å². The molecular weight excluding hydrogens is 443 g/mol. The minimum Gasteiger partial charge on any atom is -0.530 e. The van der Waals surface area contributed by atoms with Crippen LogP contribution in [-0.4, -0.2) is 85.2 Å². The van der Waals surface area contributed by atoms with Gasteiger partial charge in [-0.15, -0.1) is 0 Å².